The van der Waals surface area contributed by atoms with Gasteiger partial charge in [0, 0.05) is 6.04 Å². The molecule has 106 valence electrons. The Hall–Kier alpha value is -1.11. The molecule has 2 unspecified atom stereocenters. The maximum atomic E-state index is 11.7. The average Bonchev–Trinajstić information content (AvgIpc) is 2.25. The summed E-state index contributed by atoms with van der Waals surface area (Å²) in [6, 6.07) is -0.0641. The number of methoxy groups -OCH3 is 1. The Kier molecular flexibility index (Phi) is 6.90. The minimum absolute atomic E-state index is 0.0641. The van der Waals surface area contributed by atoms with Gasteiger partial charge in [-0.1, -0.05) is 13.8 Å². The van der Waals surface area contributed by atoms with E-state index in [-0.39, 0.29) is 11.8 Å². The van der Waals surface area contributed by atoms with E-state index in [0.717, 1.165) is 6.42 Å². The third-order valence-corrected chi connectivity index (χ3v) is 4.19. The molecule has 0 saturated carbocycles. The summed E-state index contributed by atoms with van der Waals surface area (Å²) in [7, 11) is -2.41. The quantitative estimate of drug-likeness (QED) is 0.669. The zero-order valence-corrected chi connectivity index (χ0v) is 12.0. The van der Waals surface area contributed by atoms with Gasteiger partial charge in [-0.2, -0.15) is 0 Å². The lowest BCUT2D eigenvalue weighted by Crippen LogP contribution is -2.38. The Morgan fingerprint density at radius 3 is 2.28 bits per heavy atom. The topological polar surface area (TPSA) is 89.5 Å². The zero-order valence-electron chi connectivity index (χ0n) is 11.2. The lowest BCUT2D eigenvalue weighted by molar-refractivity contribution is -0.144. The Morgan fingerprint density at radius 1 is 1.28 bits per heavy atom. The van der Waals surface area contributed by atoms with E-state index < -0.39 is 33.4 Å². The molecule has 0 bridgehead atoms. The first-order chi connectivity index (χ1) is 8.21. The smallest absolute Gasteiger partial charge is 0.309 e. The fourth-order valence-electron chi connectivity index (χ4n) is 1.33. The SMILES string of the molecule is CCC(C)NC(=O)CS(=O)(=O)CC(C)C(=O)OC. The minimum Gasteiger partial charge on any atom is -0.469 e. The van der Waals surface area contributed by atoms with Crippen LogP contribution in [0.5, 0.6) is 0 Å². The van der Waals surface area contributed by atoms with E-state index >= 15 is 0 Å². The van der Waals surface area contributed by atoms with Crippen molar-refractivity contribution < 1.29 is 22.7 Å². The van der Waals surface area contributed by atoms with E-state index in [4.69, 9.17) is 0 Å². The second-order valence-electron chi connectivity index (χ2n) is 4.36. The number of carbonyl (C=O) groups is 2. The molecule has 0 aliphatic carbocycles. The zero-order chi connectivity index (χ0) is 14.3. The molecule has 6 nitrogen and oxygen atoms in total. The number of rotatable bonds is 7. The van der Waals surface area contributed by atoms with Crippen LogP contribution in [0, 0.1) is 5.92 Å². The van der Waals surface area contributed by atoms with Crippen LogP contribution in [-0.4, -0.2) is 45.0 Å². The molecular weight excluding hydrogens is 258 g/mol. The highest BCUT2D eigenvalue weighted by Gasteiger charge is 2.24. The Balaban J connectivity index is 4.40. The van der Waals surface area contributed by atoms with Gasteiger partial charge in [0.1, 0.15) is 5.75 Å². The van der Waals surface area contributed by atoms with Crippen LogP contribution in [0.2, 0.25) is 0 Å². The van der Waals surface area contributed by atoms with E-state index in [1.807, 2.05) is 6.92 Å². The molecule has 7 heteroatoms. The molecule has 0 aromatic rings. The molecule has 0 aromatic carbocycles. The van der Waals surface area contributed by atoms with Crippen molar-refractivity contribution in [1.29, 1.82) is 0 Å². The van der Waals surface area contributed by atoms with Crippen LogP contribution in [0.4, 0.5) is 0 Å². The number of nitrogens with one attached hydrogen (secondary N) is 1. The van der Waals surface area contributed by atoms with Crippen LogP contribution in [0.3, 0.4) is 0 Å². The fourth-order valence-corrected chi connectivity index (χ4v) is 2.83. The third kappa shape index (κ3) is 6.58. The number of sulfone groups is 1. The van der Waals surface area contributed by atoms with Gasteiger partial charge in [-0.25, -0.2) is 8.42 Å². The maximum absolute atomic E-state index is 11.7. The van der Waals surface area contributed by atoms with Crippen LogP contribution in [0.15, 0.2) is 0 Å². The highest BCUT2D eigenvalue weighted by molar-refractivity contribution is 7.92. The second kappa shape index (κ2) is 7.35. The maximum Gasteiger partial charge on any atom is 0.309 e. The number of carbonyl (C=O) groups excluding carboxylic acids is 2. The Bertz CT molecular complexity index is 390. The first kappa shape index (κ1) is 16.9. The summed E-state index contributed by atoms with van der Waals surface area (Å²) in [6.07, 6.45) is 0.727. The molecule has 0 aromatic heterocycles. The van der Waals surface area contributed by atoms with Crippen molar-refractivity contribution in [2.45, 2.75) is 33.2 Å². The van der Waals surface area contributed by atoms with Gasteiger partial charge in [0.15, 0.2) is 9.84 Å². The molecule has 0 rings (SSSR count). The lowest BCUT2D eigenvalue weighted by Gasteiger charge is -2.13. The minimum atomic E-state index is -3.60. The van der Waals surface area contributed by atoms with E-state index in [9.17, 15) is 18.0 Å². The van der Waals surface area contributed by atoms with Crippen molar-refractivity contribution in [3.05, 3.63) is 0 Å². The Morgan fingerprint density at radius 2 is 1.83 bits per heavy atom. The van der Waals surface area contributed by atoms with Crippen LogP contribution in [-0.2, 0) is 24.2 Å². The molecule has 0 spiro atoms. The molecule has 18 heavy (non-hydrogen) atoms. The molecule has 0 radical (unpaired) electrons. The van der Waals surface area contributed by atoms with Crippen molar-refractivity contribution in [1.82, 2.24) is 5.32 Å². The lowest BCUT2D eigenvalue weighted by atomic mass is 10.2. The molecule has 0 heterocycles. The highest BCUT2D eigenvalue weighted by atomic mass is 32.2. The average molecular weight is 279 g/mol. The van der Waals surface area contributed by atoms with Gasteiger partial charge < -0.3 is 10.1 Å². The molecule has 0 aliphatic heterocycles. The van der Waals surface area contributed by atoms with Crippen molar-refractivity contribution >= 4 is 21.7 Å². The van der Waals surface area contributed by atoms with Gasteiger partial charge in [-0.15, -0.1) is 0 Å². The number of ether oxygens (including phenoxy) is 1. The molecule has 1 amide bonds. The van der Waals surface area contributed by atoms with Crippen molar-refractivity contribution in [2.75, 3.05) is 18.6 Å². The van der Waals surface area contributed by atoms with Crippen LogP contribution in [0.25, 0.3) is 0 Å². The summed E-state index contributed by atoms with van der Waals surface area (Å²) in [5.74, 6) is -2.88. The molecule has 1 N–H and O–H groups in total. The summed E-state index contributed by atoms with van der Waals surface area (Å²) in [4.78, 5) is 22.6. The van der Waals surface area contributed by atoms with E-state index in [0.29, 0.717) is 0 Å². The highest BCUT2D eigenvalue weighted by Crippen LogP contribution is 2.04. The summed E-state index contributed by atoms with van der Waals surface area (Å²) in [5.41, 5.74) is 0. The summed E-state index contributed by atoms with van der Waals surface area (Å²) in [5, 5.41) is 2.57. The van der Waals surface area contributed by atoms with Gasteiger partial charge in [0.25, 0.3) is 0 Å². The fraction of sp³-hybridized carbons (Fsp3) is 0.818. The second-order valence-corrected chi connectivity index (χ2v) is 6.46. The standard InChI is InChI=1S/C11H21NO5S/c1-5-9(3)12-10(13)7-18(15,16)6-8(2)11(14)17-4/h8-9H,5-7H2,1-4H3,(H,12,13). The molecule has 0 aliphatic rings. The monoisotopic (exact) mass is 279 g/mol. The van der Waals surface area contributed by atoms with E-state index in [2.05, 4.69) is 10.1 Å². The third-order valence-electron chi connectivity index (χ3n) is 2.48. The molecule has 0 saturated heterocycles. The van der Waals surface area contributed by atoms with Crippen molar-refractivity contribution in [2.24, 2.45) is 5.92 Å². The number of hydrogen-bond acceptors (Lipinski definition) is 5. The summed E-state index contributed by atoms with van der Waals surface area (Å²) >= 11 is 0. The van der Waals surface area contributed by atoms with Crippen molar-refractivity contribution in [3.8, 4) is 0 Å². The molecule has 0 fully saturated rings. The van der Waals surface area contributed by atoms with E-state index in [1.165, 1.54) is 14.0 Å². The first-order valence-corrected chi connectivity index (χ1v) is 7.61. The number of esters is 1. The first-order valence-electron chi connectivity index (χ1n) is 5.79. The molecular formula is C11H21NO5S. The van der Waals surface area contributed by atoms with Crippen molar-refractivity contribution in [3.63, 3.8) is 0 Å². The van der Waals surface area contributed by atoms with Gasteiger partial charge in [0.2, 0.25) is 5.91 Å². The predicted molar refractivity (Wildman–Crippen MR) is 67.7 cm³/mol. The normalized spacial score (nSPS) is 14.7. The summed E-state index contributed by atoms with van der Waals surface area (Å²) < 4.78 is 27.8. The van der Waals surface area contributed by atoms with Gasteiger partial charge in [0.05, 0.1) is 18.8 Å². The van der Waals surface area contributed by atoms with Crippen LogP contribution in [0.1, 0.15) is 27.2 Å². The van der Waals surface area contributed by atoms with Gasteiger partial charge >= 0.3 is 5.97 Å². The predicted octanol–water partition coefficient (Wildman–Crippen LogP) is 0.125. The molecule has 2 atom stereocenters. The Labute approximate surface area is 108 Å². The summed E-state index contributed by atoms with van der Waals surface area (Å²) in [6.45, 7) is 5.14. The largest absolute Gasteiger partial charge is 0.469 e. The number of amides is 1. The number of hydrogen-bond donors (Lipinski definition) is 1. The van der Waals surface area contributed by atoms with Gasteiger partial charge in [-0.3, -0.25) is 9.59 Å². The van der Waals surface area contributed by atoms with Gasteiger partial charge in [-0.05, 0) is 13.3 Å². The van der Waals surface area contributed by atoms with E-state index in [1.54, 1.807) is 6.92 Å². The van der Waals surface area contributed by atoms with Crippen LogP contribution < -0.4 is 5.32 Å². The van der Waals surface area contributed by atoms with Crippen LogP contribution >= 0.6 is 0 Å².